The Kier molecular flexibility index (Phi) is 5.12. The summed E-state index contributed by atoms with van der Waals surface area (Å²) in [5, 5.41) is 2.95. The molecule has 2 aromatic rings. The van der Waals surface area contributed by atoms with Gasteiger partial charge in [0.15, 0.2) is 0 Å². The van der Waals surface area contributed by atoms with E-state index < -0.39 is 0 Å². The number of nitrogens with one attached hydrogen (secondary N) is 1. The van der Waals surface area contributed by atoms with Crippen LogP contribution in [0.4, 0.5) is 11.4 Å². The minimum Gasteiger partial charge on any atom is -0.326 e. The van der Waals surface area contributed by atoms with E-state index in [9.17, 15) is 9.59 Å². The third-order valence-corrected chi connectivity index (χ3v) is 4.86. The fourth-order valence-corrected chi connectivity index (χ4v) is 3.43. The van der Waals surface area contributed by atoms with Crippen LogP contribution in [0.2, 0.25) is 0 Å². The lowest BCUT2D eigenvalue weighted by Crippen LogP contribution is -2.28. The van der Waals surface area contributed by atoms with E-state index in [4.69, 9.17) is 0 Å². The van der Waals surface area contributed by atoms with E-state index in [-0.39, 0.29) is 24.2 Å². The van der Waals surface area contributed by atoms with Crippen LogP contribution in [0.3, 0.4) is 0 Å². The average molecular weight is 350 g/mol. The molecule has 4 nitrogen and oxygen atoms in total. The molecule has 3 rings (SSSR count). The Morgan fingerprint density at radius 1 is 1.08 bits per heavy atom. The lowest BCUT2D eigenvalue weighted by atomic mass is 10.0. The third-order valence-electron chi connectivity index (χ3n) is 4.86. The van der Waals surface area contributed by atoms with Gasteiger partial charge in [-0.2, -0.15) is 0 Å². The van der Waals surface area contributed by atoms with Crippen LogP contribution in [0.15, 0.2) is 42.5 Å². The standard InChI is InChI=1S/C22H26N2O2/c1-14(2)17-5-7-19(8-6-17)23-22(26)18-12-21(25)24(13-18)20-10-15(3)9-16(4)11-20/h5-11,14,18H,12-13H2,1-4H3,(H,23,26). The van der Waals surface area contributed by atoms with Crippen molar-refractivity contribution in [3.8, 4) is 0 Å². The summed E-state index contributed by atoms with van der Waals surface area (Å²) < 4.78 is 0. The van der Waals surface area contributed by atoms with Crippen molar-refractivity contribution in [2.45, 2.75) is 40.0 Å². The minimum absolute atomic E-state index is 0.00491. The molecule has 0 bridgehead atoms. The molecular formula is C22H26N2O2. The first-order chi connectivity index (χ1) is 12.3. The molecule has 1 saturated heterocycles. The second-order valence-corrected chi connectivity index (χ2v) is 7.52. The number of nitrogens with zero attached hydrogens (tertiary/aromatic N) is 1. The highest BCUT2D eigenvalue weighted by Gasteiger charge is 2.35. The first kappa shape index (κ1) is 18.2. The van der Waals surface area contributed by atoms with Crippen LogP contribution >= 0.6 is 0 Å². The number of carbonyl (C=O) groups is 2. The van der Waals surface area contributed by atoms with Crippen LogP contribution in [0, 0.1) is 19.8 Å². The number of hydrogen-bond acceptors (Lipinski definition) is 2. The monoisotopic (exact) mass is 350 g/mol. The number of benzene rings is 2. The Morgan fingerprint density at radius 3 is 2.27 bits per heavy atom. The maximum atomic E-state index is 12.6. The summed E-state index contributed by atoms with van der Waals surface area (Å²) >= 11 is 0. The van der Waals surface area contributed by atoms with Gasteiger partial charge >= 0.3 is 0 Å². The lowest BCUT2D eigenvalue weighted by molar-refractivity contribution is -0.122. The number of amides is 2. The summed E-state index contributed by atoms with van der Waals surface area (Å²) in [5.41, 5.74) is 5.12. The molecule has 1 unspecified atom stereocenters. The molecule has 1 aliphatic rings. The molecule has 0 radical (unpaired) electrons. The zero-order valence-electron chi connectivity index (χ0n) is 15.9. The molecule has 4 heteroatoms. The first-order valence-corrected chi connectivity index (χ1v) is 9.13. The fourth-order valence-electron chi connectivity index (χ4n) is 3.43. The third kappa shape index (κ3) is 3.96. The maximum absolute atomic E-state index is 12.6. The van der Waals surface area contributed by atoms with Gasteiger partial charge < -0.3 is 10.2 Å². The van der Waals surface area contributed by atoms with Gasteiger partial charge in [0, 0.05) is 24.3 Å². The quantitative estimate of drug-likeness (QED) is 0.887. The highest BCUT2D eigenvalue weighted by Crippen LogP contribution is 2.28. The highest BCUT2D eigenvalue weighted by atomic mass is 16.2. The van der Waals surface area contributed by atoms with Gasteiger partial charge in [-0.1, -0.05) is 32.0 Å². The summed E-state index contributed by atoms with van der Waals surface area (Å²) in [6.45, 7) is 8.74. The van der Waals surface area contributed by atoms with Crippen LogP contribution < -0.4 is 10.2 Å². The van der Waals surface area contributed by atoms with E-state index in [2.05, 4.69) is 25.2 Å². The summed E-state index contributed by atoms with van der Waals surface area (Å²) in [7, 11) is 0. The molecule has 26 heavy (non-hydrogen) atoms. The van der Waals surface area contributed by atoms with E-state index in [0.29, 0.717) is 12.5 Å². The molecule has 2 amide bonds. The van der Waals surface area contributed by atoms with E-state index in [1.54, 1.807) is 4.90 Å². The molecule has 0 spiro atoms. The van der Waals surface area contributed by atoms with Crippen molar-refractivity contribution >= 4 is 23.2 Å². The second kappa shape index (κ2) is 7.32. The van der Waals surface area contributed by atoms with Gasteiger partial charge in [-0.05, 0) is 60.7 Å². The predicted molar refractivity (Wildman–Crippen MR) is 106 cm³/mol. The number of hydrogen-bond donors (Lipinski definition) is 1. The average Bonchev–Trinajstić information content (AvgIpc) is 2.96. The molecule has 1 atom stereocenters. The van der Waals surface area contributed by atoms with Crippen molar-refractivity contribution < 1.29 is 9.59 Å². The van der Waals surface area contributed by atoms with Gasteiger partial charge in [-0.15, -0.1) is 0 Å². The van der Waals surface area contributed by atoms with Crippen molar-refractivity contribution in [2.24, 2.45) is 5.92 Å². The topological polar surface area (TPSA) is 49.4 Å². The van der Waals surface area contributed by atoms with Gasteiger partial charge in [0.1, 0.15) is 0 Å². The van der Waals surface area contributed by atoms with E-state index in [1.165, 1.54) is 5.56 Å². The highest BCUT2D eigenvalue weighted by molar-refractivity contribution is 6.03. The largest absolute Gasteiger partial charge is 0.326 e. The second-order valence-electron chi connectivity index (χ2n) is 7.52. The molecule has 1 heterocycles. The van der Waals surface area contributed by atoms with E-state index in [0.717, 1.165) is 22.5 Å². The molecule has 1 N–H and O–H groups in total. The molecule has 0 saturated carbocycles. The molecule has 1 aliphatic heterocycles. The number of anilines is 2. The predicted octanol–water partition coefficient (Wildman–Crippen LogP) is 4.42. The maximum Gasteiger partial charge on any atom is 0.229 e. The molecular weight excluding hydrogens is 324 g/mol. The smallest absolute Gasteiger partial charge is 0.229 e. The van der Waals surface area contributed by atoms with Crippen LogP contribution in [-0.4, -0.2) is 18.4 Å². The van der Waals surface area contributed by atoms with Crippen LogP contribution in [0.5, 0.6) is 0 Å². The van der Waals surface area contributed by atoms with Gasteiger partial charge in [-0.3, -0.25) is 9.59 Å². The number of carbonyl (C=O) groups excluding carboxylic acids is 2. The van der Waals surface area contributed by atoms with Crippen molar-refractivity contribution in [1.29, 1.82) is 0 Å². The zero-order chi connectivity index (χ0) is 18.8. The molecule has 136 valence electrons. The van der Waals surface area contributed by atoms with Gasteiger partial charge in [-0.25, -0.2) is 0 Å². The van der Waals surface area contributed by atoms with Crippen LogP contribution in [-0.2, 0) is 9.59 Å². The van der Waals surface area contributed by atoms with Gasteiger partial charge in [0.2, 0.25) is 11.8 Å². The fraction of sp³-hybridized carbons (Fsp3) is 0.364. The van der Waals surface area contributed by atoms with Crippen LogP contribution in [0.1, 0.15) is 42.9 Å². The van der Waals surface area contributed by atoms with Crippen molar-refractivity contribution in [2.75, 3.05) is 16.8 Å². The Labute approximate surface area is 155 Å². The van der Waals surface area contributed by atoms with Gasteiger partial charge in [0.05, 0.1) is 5.92 Å². The summed E-state index contributed by atoms with van der Waals surface area (Å²) in [6.07, 6.45) is 0.253. The Morgan fingerprint density at radius 2 is 1.69 bits per heavy atom. The van der Waals surface area contributed by atoms with Gasteiger partial charge in [0.25, 0.3) is 0 Å². The summed E-state index contributed by atoms with van der Waals surface area (Å²) in [4.78, 5) is 26.8. The van der Waals surface area contributed by atoms with Crippen molar-refractivity contribution in [1.82, 2.24) is 0 Å². The van der Waals surface area contributed by atoms with Crippen molar-refractivity contribution in [3.05, 3.63) is 59.2 Å². The molecule has 1 fully saturated rings. The SMILES string of the molecule is Cc1cc(C)cc(N2CC(C(=O)Nc3ccc(C(C)C)cc3)CC2=O)c1. The molecule has 2 aromatic carbocycles. The minimum atomic E-state index is -0.326. The number of rotatable bonds is 4. The van der Waals surface area contributed by atoms with E-state index >= 15 is 0 Å². The zero-order valence-corrected chi connectivity index (χ0v) is 15.9. The Balaban J connectivity index is 1.68. The van der Waals surface area contributed by atoms with Crippen LogP contribution in [0.25, 0.3) is 0 Å². The lowest BCUT2D eigenvalue weighted by Gasteiger charge is -2.18. The number of aryl methyl sites for hydroxylation is 2. The summed E-state index contributed by atoms with van der Waals surface area (Å²) in [5.74, 6) is 0.0412. The normalized spacial score (nSPS) is 17.0. The first-order valence-electron chi connectivity index (χ1n) is 9.13. The summed E-state index contributed by atoms with van der Waals surface area (Å²) in [6, 6.07) is 14.0. The molecule has 0 aliphatic carbocycles. The Hall–Kier alpha value is -2.62. The van der Waals surface area contributed by atoms with Crippen molar-refractivity contribution in [3.63, 3.8) is 0 Å². The Bertz CT molecular complexity index is 804. The van der Waals surface area contributed by atoms with E-state index in [1.807, 2.05) is 50.2 Å². The molecule has 0 aromatic heterocycles.